The third-order valence-corrected chi connectivity index (χ3v) is 2.89. The van der Waals surface area contributed by atoms with Crippen molar-refractivity contribution >= 4 is 23.5 Å². The van der Waals surface area contributed by atoms with Gasteiger partial charge < -0.3 is 20.2 Å². The SMILES string of the molecule is CN(CC(=O)NC1CC1)C(=O)C1CC(C(=O)O)=NO1. The fourth-order valence-corrected chi connectivity index (χ4v) is 1.68. The fraction of sp³-hybridized carbons (Fsp3) is 0.636. The molecule has 1 aliphatic heterocycles. The van der Waals surface area contributed by atoms with Crippen molar-refractivity contribution in [2.75, 3.05) is 13.6 Å². The first kappa shape index (κ1) is 13.3. The summed E-state index contributed by atoms with van der Waals surface area (Å²) in [5.41, 5.74) is -0.186. The molecule has 0 aromatic carbocycles. The van der Waals surface area contributed by atoms with Crippen LogP contribution in [0.25, 0.3) is 0 Å². The molecule has 104 valence electrons. The van der Waals surface area contributed by atoms with Gasteiger partial charge in [-0.05, 0) is 12.8 Å². The first-order chi connectivity index (χ1) is 8.97. The van der Waals surface area contributed by atoms with Crippen molar-refractivity contribution in [1.82, 2.24) is 10.2 Å². The molecule has 0 spiro atoms. The molecule has 1 unspecified atom stereocenters. The smallest absolute Gasteiger partial charge is 0.353 e. The van der Waals surface area contributed by atoms with Crippen molar-refractivity contribution < 1.29 is 24.3 Å². The number of carbonyl (C=O) groups excluding carboxylic acids is 2. The monoisotopic (exact) mass is 269 g/mol. The highest BCUT2D eigenvalue weighted by Crippen LogP contribution is 2.18. The zero-order chi connectivity index (χ0) is 14.0. The van der Waals surface area contributed by atoms with Gasteiger partial charge in [-0.2, -0.15) is 0 Å². The molecule has 1 fully saturated rings. The lowest BCUT2D eigenvalue weighted by Gasteiger charge is -2.19. The van der Waals surface area contributed by atoms with E-state index in [1.54, 1.807) is 0 Å². The Bertz CT molecular complexity index is 444. The molecule has 2 aliphatic rings. The van der Waals surface area contributed by atoms with Crippen LogP contribution in [0.1, 0.15) is 19.3 Å². The molecule has 1 atom stereocenters. The molecule has 19 heavy (non-hydrogen) atoms. The average molecular weight is 269 g/mol. The van der Waals surface area contributed by atoms with Gasteiger partial charge in [0.25, 0.3) is 5.91 Å². The largest absolute Gasteiger partial charge is 0.477 e. The molecule has 1 aliphatic carbocycles. The quantitative estimate of drug-likeness (QED) is 0.662. The number of carboxylic acids is 1. The maximum atomic E-state index is 11.9. The number of nitrogens with zero attached hydrogens (tertiary/aromatic N) is 2. The van der Waals surface area contributed by atoms with Crippen LogP contribution >= 0.6 is 0 Å². The minimum Gasteiger partial charge on any atom is -0.477 e. The summed E-state index contributed by atoms with van der Waals surface area (Å²) in [6.07, 6.45) is 0.920. The lowest BCUT2D eigenvalue weighted by molar-refractivity contribution is -0.143. The number of hydrogen-bond donors (Lipinski definition) is 2. The predicted molar refractivity (Wildman–Crippen MR) is 63.4 cm³/mol. The third-order valence-electron chi connectivity index (χ3n) is 2.89. The number of oxime groups is 1. The van der Waals surface area contributed by atoms with Crippen molar-refractivity contribution in [3.63, 3.8) is 0 Å². The average Bonchev–Trinajstić information content (AvgIpc) is 3.00. The number of carbonyl (C=O) groups is 3. The second-order valence-corrected chi connectivity index (χ2v) is 4.68. The molecule has 8 heteroatoms. The van der Waals surface area contributed by atoms with Crippen molar-refractivity contribution in [1.29, 1.82) is 0 Å². The topological polar surface area (TPSA) is 108 Å². The second kappa shape index (κ2) is 5.25. The zero-order valence-corrected chi connectivity index (χ0v) is 10.5. The Morgan fingerprint density at radius 1 is 1.47 bits per heavy atom. The van der Waals surface area contributed by atoms with Gasteiger partial charge in [-0.25, -0.2) is 4.79 Å². The third kappa shape index (κ3) is 3.43. The summed E-state index contributed by atoms with van der Waals surface area (Å²) < 4.78 is 0. The fourth-order valence-electron chi connectivity index (χ4n) is 1.68. The van der Waals surface area contributed by atoms with Crippen LogP contribution in [0.4, 0.5) is 0 Å². The summed E-state index contributed by atoms with van der Waals surface area (Å²) in [6.45, 7) is -0.0718. The van der Waals surface area contributed by atoms with Crippen LogP contribution in [0.3, 0.4) is 0 Å². The highest BCUT2D eigenvalue weighted by Gasteiger charge is 2.34. The van der Waals surface area contributed by atoms with Crippen LogP contribution in [0.2, 0.25) is 0 Å². The molecule has 1 saturated carbocycles. The van der Waals surface area contributed by atoms with Crippen molar-refractivity contribution in [2.24, 2.45) is 5.16 Å². The summed E-state index contributed by atoms with van der Waals surface area (Å²) in [5.74, 6) is -1.88. The van der Waals surface area contributed by atoms with E-state index >= 15 is 0 Å². The van der Waals surface area contributed by atoms with Crippen LogP contribution in [-0.2, 0) is 19.2 Å². The number of rotatable bonds is 5. The lowest BCUT2D eigenvalue weighted by atomic mass is 10.1. The van der Waals surface area contributed by atoms with Crippen molar-refractivity contribution in [3.05, 3.63) is 0 Å². The van der Waals surface area contributed by atoms with E-state index in [2.05, 4.69) is 10.5 Å². The summed E-state index contributed by atoms with van der Waals surface area (Å²) in [7, 11) is 1.47. The minimum absolute atomic E-state index is 0.0718. The number of amides is 2. The molecule has 0 aromatic rings. The second-order valence-electron chi connectivity index (χ2n) is 4.68. The molecule has 8 nitrogen and oxygen atoms in total. The number of likely N-dealkylation sites (N-methyl/N-ethyl adjacent to an activating group) is 1. The van der Waals surface area contributed by atoms with Crippen LogP contribution < -0.4 is 5.32 Å². The molecular formula is C11H15N3O5. The maximum Gasteiger partial charge on any atom is 0.353 e. The molecule has 2 rings (SSSR count). The highest BCUT2D eigenvalue weighted by atomic mass is 16.6. The van der Waals surface area contributed by atoms with Gasteiger partial charge in [0.1, 0.15) is 0 Å². The lowest BCUT2D eigenvalue weighted by Crippen LogP contribution is -2.43. The summed E-state index contributed by atoms with van der Waals surface area (Å²) in [4.78, 5) is 40.1. The van der Waals surface area contributed by atoms with Gasteiger partial charge in [-0.15, -0.1) is 0 Å². The Morgan fingerprint density at radius 3 is 2.68 bits per heavy atom. The van der Waals surface area contributed by atoms with Crippen molar-refractivity contribution in [2.45, 2.75) is 31.4 Å². The molecule has 2 amide bonds. The maximum absolute atomic E-state index is 11.9. The number of aliphatic carboxylic acids is 1. The van der Waals surface area contributed by atoms with E-state index in [-0.39, 0.29) is 30.6 Å². The Kier molecular flexibility index (Phi) is 3.68. The Balaban J connectivity index is 1.79. The summed E-state index contributed by atoms with van der Waals surface area (Å²) in [6, 6.07) is 0.237. The molecule has 0 bridgehead atoms. The van der Waals surface area contributed by atoms with E-state index < -0.39 is 18.0 Å². The van der Waals surface area contributed by atoms with Gasteiger partial charge >= 0.3 is 5.97 Å². The molecule has 0 aromatic heterocycles. The summed E-state index contributed by atoms with van der Waals surface area (Å²) >= 11 is 0. The van der Waals surface area contributed by atoms with Crippen LogP contribution in [0.5, 0.6) is 0 Å². The van der Waals surface area contributed by atoms with Gasteiger partial charge in [0.05, 0.1) is 6.54 Å². The predicted octanol–water partition coefficient (Wildman–Crippen LogP) is -1.05. The standard InChI is InChI=1S/C11H15N3O5/c1-14(5-9(15)12-6-2-3-6)10(16)8-4-7(11(17)18)13-19-8/h6,8H,2-5H2,1H3,(H,12,15)(H,17,18). The Hall–Kier alpha value is -2.12. The molecule has 2 N–H and O–H groups in total. The summed E-state index contributed by atoms with van der Waals surface area (Å²) in [5, 5.41) is 14.8. The Labute approximate surface area is 109 Å². The van der Waals surface area contributed by atoms with Crippen LogP contribution in [0, 0.1) is 0 Å². The van der Waals surface area contributed by atoms with Gasteiger partial charge in [-0.3, -0.25) is 9.59 Å². The van der Waals surface area contributed by atoms with Crippen LogP contribution in [0.15, 0.2) is 5.16 Å². The number of nitrogens with one attached hydrogen (secondary N) is 1. The highest BCUT2D eigenvalue weighted by molar-refractivity contribution is 6.36. The molecule has 0 radical (unpaired) electrons. The van der Waals surface area contributed by atoms with Crippen molar-refractivity contribution in [3.8, 4) is 0 Å². The normalized spacial score (nSPS) is 21.3. The molecular weight excluding hydrogens is 254 g/mol. The van der Waals surface area contributed by atoms with E-state index in [0.717, 1.165) is 12.8 Å². The van der Waals surface area contributed by atoms with Crippen LogP contribution in [-0.4, -0.2) is 59.2 Å². The number of hydrogen-bond acceptors (Lipinski definition) is 5. The van der Waals surface area contributed by atoms with Gasteiger partial charge in [0, 0.05) is 19.5 Å². The van der Waals surface area contributed by atoms with Gasteiger partial charge in [-0.1, -0.05) is 5.16 Å². The number of carboxylic acid groups (broad SMARTS) is 1. The van der Waals surface area contributed by atoms with E-state index in [1.165, 1.54) is 11.9 Å². The first-order valence-corrected chi connectivity index (χ1v) is 5.97. The van der Waals surface area contributed by atoms with E-state index in [4.69, 9.17) is 9.94 Å². The van der Waals surface area contributed by atoms with Gasteiger partial charge in [0.15, 0.2) is 5.71 Å². The zero-order valence-electron chi connectivity index (χ0n) is 10.5. The molecule has 1 heterocycles. The van der Waals surface area contributed by atoms with E-state index in [1.807, 2.05) is 0 Å². The minimum atomic E-state index is -1.20. The van der Waals surface area contributed by atoms with E-state index in [0.29, 0.717) is 0 Å². The Morgan fingerprint density at radius 2 is 2.16 bits per heavy atom. The van der Waals surface area contributed by atoms with Gasteiger partial charge in [0.2, 0.25) is 12.0 Å². The first-order valence-electron chi connectivity index (χ1n) is 5.97. The van der Waals surface area contributed by atoms with E-state index in [9.17, 15) is 14.4 Å². The molecule has 0 saturated heterocycles.